The van der Waals surface area contributed by atoms with Gasteiger partial charge in [-0.3, -0.25) is 0 Å². The number of thiophene rings is 1. The Bertz CT molecular complexity index is 360. The van der Waals surface area contributed by atoms with E-state index in [-0.39, 0.29) is 0 Å². The largest absolute Gasteiger partial charge is 0.138 e. The zero-order valence-corrected chi connectivity index (χ0v) is 7.24. The summed E-state index contributed by atoms with van der Waals surface area (Å²) in [7, 11) is 0. The highest BCUT2D eigenvalue weighted by Crippen LogP contribution is 2.24. The monoisotopic (exact) mass is 161 g/mol. The predicted molar refractivity (Wildman–Crippen MR) is 50.0 cm³/mol. The fourth-order valence-corrected chi connectivity index (χ4v) is 2.09. The Balaban J connectivity index is 2.76. The van der Waals surface area contributed by atoms with Crippen LogP contribution in [-0.4, -0.2) is 0 Å². The van der Waals surface area contributed by atoms with Crippen molar-refractivity contribution in [3.05, 3.63) is 34.5 Å². The van der Waals surface area contributed by atoms with Crippen LogP contribution in [-0.2, 0) is 6.42 Å². The van der Waals surface area contributed by atoms with Gasteiger partial charge in [0.2, 0.25) is 0 Å². The fraction of sp³-hybridized carbons (Fsp3) is 0.200. The number of hydrogen-bond donors (Lipinski definition) is 0. The summed E-state index contributed by atoms with van der Waals surface area (Å²) in [6, 6.07) is 8.43. The minimum atomic E-state index is 1.12. The van der Waals surface area contributed by atoms with Crippen molar-refractivity contribution in [1.29, 1.82) is 0 Å². The molecule has 2 rings (SSSR count). The first-order valence-electron chi connectivity index (χ1n) is 3.80. The van der Waals surface area contributed by atoms with Gasteiger partial charge in [-0.25, -0.2) is 0 Å². The van der Waals surface area contributed by atoms with Crippen molar-refractivity contribution in [3.63, 3.8) is 0 Å². The van der Waals surface area contributed by atoms with Crippen LogP contribution >= 0.6 is 11.3 Å². The second-order valence-electron chi connectivity index (χ2n) is 2.53. The van der Waals surface area contributed by atoms with E-state index in [4.69, 9.17) is 0 Å². The topological polar surface area (TPSA) is 0 Å². The Hall–Kier alpha value is -0.820. The van der Waals surface area contributed by atoms with Crippen molar-refractivity contribution in [1.82, 2.24) is 0 Å². The molecule has 1 heteroatoms. The summed E-state index contributed by atoms with van der Waals surface area (Å²) in [4.78, 5) is 1.44. The molecule has 2 aromatic rings. The van der Waals surface area contributed by atoms with Gasteiger partial charge in [-0.15, -0.1) is 11.3 Å². The molecule has 0 aliphatic rings. The van der Waals surface area contributed by atoms with E-state index in [1.54, 1.807) is 11.3 Å². The lowest BCUT2D eigenvalue weighted by Gasteiger charge is -1.90. The molecule has 11 heavy (non-hydrogen) atoms. The van der Waals surface area contributed by atoms with Crippen LogP contribution in [0.5, 0.6) is 0 Å². The van der Waals surface area contributed by atoms with Gasteiger partial charge in [-0.1, -0.05) is 31.2 Å². The summed E-state index contributed by atoms with van der Waals surface area (Å²) in [5, 5.41) is 5.91. The van der Waals surface area contributed by atoms with Gasteiger partial charge in [0.25, 0.3) is 0 Å². The van der Waals surface area contributed by atoms with Crippen molar-refractivity contribution >= 4 is 22.1 Å². The third kappa shape index (κ3) is 1.05. The van der Waals surface area contributed by atoms with Gasteiger partial charge in [0.15, 0.2) is 0 Å². The van der Waals surface area contributed by atoms with E-state index >= 15 is 0 Å². The molecule has 0 N–H and O–H groups in total. The fourth-order valence-electron chi connectivity index (χ4n) is 1.25. The van der Waals surface area contributed by atoms with Gasteiger partial charge in [0.05, 0.1) is 5.38 Å². The van der Waals surface area contributed by atoms with Crippen LogP contribution in [0.3, 0.4) is 0 Å². The molecule has 55 valence electrons. The average molecular weight is 161 g/mol. The average Bonchev–Trinajstić information content (AvgIpc) is 2.47. The molecule has 1 heterocycles. The van der Waals surface area contributed by atoms with Crippen LogP contribution in [0.15, 0.2) is 24.3 Å². The first-order valence-corrected chi connectivity index (χ1v) is 4.61. The van der Waals surface area contributed by atoms with E-state index in [0.717, 1.165) is 6.42 Å². The van der Waals surface area contributed by atoms with Crippen molar-refractivity contribution in [2.24, 2.45) is 0 Å². The number of fused-ring (bicyclic) bond motifs is 1. The second-order valence-corrected chi connectivity index (χ2v) is 3.43. The van der Waals surface area contributed by atoms with E-state index in [1.807, 2.05) is 0 Å². The Labute approximate surface area is 70.5 Å². The molecule has 0 aliphatic heterocycles. The molecule has 0 unspecified atom stereocenters. The van der Waals surface area contributed by atoms with Crippen LogP contribution in [0.1, 0.15) is 11.8 Å². The molecule has 0 atom stereocenters. The smallest absolute Gasteiger partial charge is 0.0530 e. The zero-order valence-electron chi connectivity index (χ0n) is 6.42. The van der Waals surface area contributed by atoms with Gasteiger partial charge in [-0.05, 0) is 11.8 Å². The molecule has 0 saturated heterocycles. The van der Waals surface area contributed by atoms with E-state index in [0.29, 0.717) is 0 Å². The molecule has 0 aliphatic carbocycles. The summed E-state index contributed by atoms with van der Waals surface area (Å²) in [5.74, 6) is 0. The maximum absolute atomic E-state index is 3.28. The lowest BCUT2D eigenvalue weighted by Crippen LogP contribution is -1.71. The molecule has 0 fully saturated rings. The Morgan fingerprint density at radius 1 is 1.36 bits per heavy atom. The Kier molecular flexibility index (Phi) is 1.66. The number of aryl methyl sites for hydroxylation is 1. The number of hydrogen-bond acceptors (Lipinski definition) is 1. The minimum absolute atomic E-state index is 1.12. The van der Waals surface area contributed by atoms with Gasteiger partial charge in [0, 0.05) is 10.3 Å². The van der Waals surface area contributed by atoms with Crippen molar-refractivity contribution in [3.8, 4) is 0 Å². The molecule has 0 saturated carbocycles. The van der Waals surface area contributed by atoms with Crippen LogP contribution in [0.4, 0.5) is 0 Å². The number of rotatable bonds is 1. The SMILES string of the molecule is CCc1s[c]c2ccccc12. The van der Waals surface area contributed by atoms with E-state index in [2.05, 4.69) is 36.6 Å². The molecule has 0 amide bonds. The summed E-state index contributed by atoms with van der Waals surface area (Å²) in [6.07, 6.45) is 1.12. The molecular formula is C10H9S. The van der Waals surface area contributed by atoms with Crippen LogP contribution in [0.2, 0.25) is 0 Å². The molecular weight excluding hydrogens is 152 g/mol. The Morgan fingerprint density at radius 3 is 3.00 bits per heavy atom. The van der Waals surface area contributed by atoms with Crippen molar-refractivity contribution in [2.45, 2.75) is 13.3 Å². The van der Waals surface area contributed by atoms with E-state index in [9.17, 15) is 0 Å². The lowest BCUT2D eigenvalue weighted by atomic mass is 10.2. The molecule has 0 nitrogen and oxygen atoms in total. The van der Waals surface area contributed by atoms with Crippen LogP contribution in [0.25, 0.3) is 10.8 Å². The van der Waals surface area contributed by atoms with Crippen LogP contribution in [0, 0.1) is 5.38 Å². The maximum Gasteiger partial charge on any atom is 0.0530 e. The highest BCUT2D eigenvalue weighted by Gasteiger charge is 1.99. The standard InChI is InChI=1S/C10H9S/c1-2-10-9-6-4-3-5-8(9)7-11-10/h3-6H,2H2,1H3. The van der Waals surface area contributed by atoms with Gasteiger partial charge >= 0.3 is 0 Å². The molecule has 0 bridgehead atoms. The molecule has 0 spiro atoms. The quantitative estimate of drug-likeness (QED) is 0.602. The highest BCUT2D eigenvalue weighted by molar-refractivity contribution is 7.11. The third-order valence-corrected chi connectivity index (χ3v) is 2.91. The normalized spacial score (nSPS) is 10.6. The lowest BCUT2D eigenvalue weighted by molar-refractivity contribution is 1.20. The van der Waals surface area contributed by atoms with Gasteiger partial charge in [-0.2, -0.15) is 0 Å². The van der Waals surface area contributed by atoms with E-state index < -0.39 is 0 Å². The summed E-state index contributed by atoms with van der Waals surface area (Å²) < 4.78 is 0. The van der Waals surface area contributed by atoms with Crippen LogP contribution < -0.4 is 0 Å². The molecule has 1 radical (unpaired) electrons. The van der Waals surface area contributed by atoms with Gasteiger partial charge < -0.3 is 0 Å². The minimum Gasteiger partial charge on any atom is -0.138 e. The molecule has 1 aromatic heterocycles. The maximum atomic E-state index is 3.28. The highest BCUT2D eigenvalue weighted by atomic mass is 32.1. The van der Waals surface area contributed by atoms with E-state index in [1.165, 1.54) is 15.6 Å². The number of benzene rings is 1. The Morgan fingerprint density at radius 2 is 2.18 bits per heavy atom. The van der Waals surface area contributed by atoms with Gasteiger partial charge in [0.1, 0.15) is 0 Å². The predicted octanol–water partition coefficient (Wildman–Crippen LogP) is 3.26. The summed E-state index contributed by atoms with van der Waals surface area (Å²) in [6.45, 7) is 2.19. The first-order chi connectivity index (χ1) is 5.42. The van der Waals surface area contributed by atoms with Crippen molar-refractivity contribution in [2.75, 3.05) is 0 Å². The molecule has 1 aromatic carbocycles. The first kappa shape index (κ1) is 6.86. The summed E-state index contributed by atoms with van der Waals surface area (Å²) in [5.41, 5.74) is 0. The summed E-state index contributed by atoms with van der Waals surface area (Å²) >= 11 is 1.74. The van der Waals surface area contributed by atoms with Crippen molar-refractivity contribution < 1.29 is 0 Å². The second kappa shape index (κ2) is 2.67. The zero-order chi connectivity index (χ0) is 7.68. The third-order valence-electron chi connectivity index (χ3n) is 1.83.